The number of benzene rings is 5. The largest absolute Gasteiger partial charge is 0.0622 e. The summed E-state index contributed by atoms with van der Waals surface area (Å²) in [6.45, 7) is 4.79. The van der Waals surface area contributed by atoms with E-state index in [1.165, 1.54) is 32.3 Å². The molecule has 0 spiro atoms. The average Bonchev–Trinajstić information content (AvgIpc) is 2.96. The Morgan fingerprint density at radius 1 is 0.333 bits per heavy atom. The van der Waals surface area contributed by atoms with Crippen LogP contribution >= 0.6 is 15.8 Å². The third-order valence-corrected chi connectivity index (χ3v) is 12.4. The minimum Gasteiger partial charge on any atom is -0.0622 e. The van der Waals surface area contributed by atoms with E-state index in [-0.39, 0.29) is 0 Å². The van der Waals surface area contributed by atoms with Crippen molar-refractivity contribution in [3.63, 3.8) is 0 Å². The zero-order chi connectivity index (χ0) is 24.7. The van der Waals surface area contributed by atoms with Gasteiger partial charge in [-0.25, -0.2) is 0 Å². The first-order valence-corrected chi connectivity index (χ1v) is 15.4. The van der Waals surface area contributed by atoms with Crippen molar-refractivity contribution in [1.82, 2.24) is 0 Å². The Labute approximate surface area is 218 Å². The second kappa shape index (κ2) is 11.8. The van der Waals surface area contributed by atoms with Crippen LogP contribution in [0.5, 0.6) is 0 Å². The summed E-state index contributed by atoms with van der Waals surface area (Å²) < 4.78 is 0. The fraction of sp³-hybridized carbons (Fsp3) is 0.118. The van der Waals surface area contributed by atoms with Gasteiger partial charge < -0.3 is 0 Å². The molecule has 5 aromatic carbocycles. The maximum Gasteiger partial charge on any atom is 0.00936 e. The van der Waals surface area contributed by atoms with E-state index in [1.54, 1.807) is 0 Å². The maximum absolute atomic E-state index is 2.39. The van der Waals surface area contributed by atoms with Crippen LogP contribution in [-0.4, -0.2) is 0 Å². The van der Waals surface area contributed by atoms with Crippen molar-refractivity contribution in [3.8, 4) is 0 Å². The van der Waals surface area contributed by atoms with Gasteiger partial charge in [0.2, 0.25) is 0 Å². The number of rotatable bonds is 8. The van der Waals surface area contributed by atoms with Crippen LogP contribution in [0.1, 0.15) is 36.3 Å². The van der Waals surface area contributed by atoms with E-state index in [0.717, 1.165) is 0 Å². The van der Waals surface area contributed by atoms with Gasteiger partial charge in [-0.2, -0.15) is 0 Å². The Morgan fingerprint density at radius 3 is 0.778 bits per heavy atom. The van der Waals surface area contributed by atoms with Crippen molar-refractivity contribution in [1.29, 1.82) is 0 Å². The highest BCUT2D eigenvalue weighted by Crippen LogP contribution is 2.51. The van der Waals surface area contributed by atoms with Crippen molar-refractivity contribution in [2.45, 2.75) is 25.2 Å². The SMILES string of the molecule is C[C@@H](c1ccc([C@H](C)P(c2ccccc2)c2ccccc2)cc1)P(c1ccccc1)c1ccccc1. The van der Waals surface area contributed by atoms with Gasteiger partial charge in [0.05, 0.1) is 0 Å². The first kappa shape index (κ1) is 24.6. The molecule has 5 aromatic rings. The van der Waals surface area contributed by atoms with E-state index in [4.69, 9.17) is 0 Å². The lowest BCUT2D eigenvalue weighted by atomic mass is 10.1. The second-order valence-electron chi connectivity index (χ2n) is 9.10. The van der Waals surface area contributed by atoms with Crippen LogP contribution in [0.15, 0.2) is 146 Å². The van der Waals surface area contributed by atoms with E-state index in [9.17, 15) is 0 Å². The molecule has 0 heterocycles. The van der Waals surface area contributed by atoms with Crippen molar-refractivity contribution < 1.29 is 0 Å². The molecule has 5 rings (SSSR count). The molecule has 0 aliphatic rings. The van der Waals surface area contributed by atoms with E-state index in [0.29, 0.717) is 11.3 Å². The summed E-state index contributed by atoms with van der Waals surface area (Å²) in [7, 11) is -0.988. The second-order valence-corrected chi connectivity index (χ2v) is 14.2. The Balaban J connectivity index is 1.46. The lowest BCUT2D eigenvalue weighted by molar-refractivity contribution is 1.05. The zero-order valence-electron chi connectivity index (χ0n) is 20.9. The Kier molecular flexibility index (Phi) is 8.08. The summed E-state index contributed by atoms with van der Waals surface area (Å²) in [4.78, 5) is 0. The molecule has 0 unspecified atom stereocenters. The highest BCUT2D eigenvalue weighted by molar-refractivity contribution is 7.73. The molecule has 0 saturated carbocycles. The van der Waals surface area contributed by atoms with Crippen LogP contribution in [0, 0.1) is 0 Å². The lowest BCUT2D eigenvalue weighted by Gasteiger charge is -2.28. The Hall–Kier alpha value is -3.04. The lowest BCUT2D eigenvalue weighted by Crippen LogP contribution is -2.16. The molecule has 0 N–H and O–H groups in total. The zero-order valence-corrected chi connectivity index (χ0v) is 22.7. The predicted molar refractivity (Wildman–Crippen MR) is 161 cm³/mol. The third kappa shape index (κ3) is 5.52. The first-order chi connectivity index (χ1) is 17.7. The van der Waals surface area contributed by atoms with E-state index < -0.39 is 15.8 Å². The highest BCUT2D eigenvalue weighted by Gasteiger charge is 2.25. The van der Waals surface area contributed by atoms with Crippen LogP contribution in [0.3, 0.4) is 0 Å². The fourth-order valence-electron chi connectivity index (χ4n) is 4.90. The van der Waals surface area contributed by atoms with Gasteiger partial charge in [0, 0.05) is 11.3 Å². The van der Waals surface area contributed by atoms with Crippen LogP contribution in [0.4, 0.5) is 0 Å². The van der Waals surface area contributed by atoms with Crippen LogP contribution in [-0.2, 0) is 0 Å². The van der Waals surface area contributed by atoms with Crippen LogP contribution in [0.2, 0.25) is 0 Å². The van der Waals surface area contributed by atoms with E-state index >= 15 is 0 Å². The molecular weight excluding hydrogens is 470 g/mol. The standard InChI is InChI=1S/C34H32P2/c1-27(35(31-15-7-3-8-16-31)32-17-9-4-10-18-32)29-23-25-30(26-24-29)28(2)36(33-19-11-5-12-20-33)34-21-13-6-14-22-34/h3-28H,1-2H3/t27-,28-/m0/s1. The van der Waals surface area contributed by atoms with E-state index in [2.05, 4.69) is 159 Å². The Bertz CT molecular complexity index is 1150. The van der Waals surface area contributed by atoms with Gasteiger partial charge in [-0.3, -0.25) is 0 Å². The maximum atomic E-state index is 2.39. The van der Waals surface area contributed by atoms with Gasteiger partial charge in [-0.15, -0.1) is 0 Å². The molecule has 2 heteroatoms. The van der Waals surface area contributed by atoms with Crippen molar-refractivity contribution in [3.05, 3.63) is 157 Å². The topological polar surface area (TPSA) is 0 Å². The van der Waals surface area contributed by atoms with Gasteiger partial charge >= 0.3 is 0 Å². The summed E-state index contributed by atoms with van der Waals surface area (Å²) in [5, 5.41) is 5.72. The molecule has 0 aliphatic carbocycles. The highest BCUT2D eigenvalue weighted by atomic mass is 31.1. The third-order valence-electron chi connectivity index (χ3n) is 6.81. The molecule has 0 radical (unpaired) electrons. The van der Waals surface area contributed by atoms with Crippen molar-refractivity contribution in [2.75, 3.05) is 0 Å². The molecule has 0 saturated heterocycles. The summed E-state index contributed by atoms with van der Waals surface area (Å²) >= 11 is 0. The molecular formula is C34H32P2. The minimum absolute atomic E-state index is 0.430. The molecule has 0 nitrogen and oxygen atoms in total. The molecule has 0 amide bonds. The molecule has 178 valence electrons. The monoisotopic (exact) mass is 502 g/mol. The molecule has 0 bridgehead atoms. The molecule has 36 heavy (non-hydrogen) atoms. The van der Waals surface area contributed by atoms with E-state index in [1.807, 2.05) is 0 Å². The summed E-state index contributed by atoms with van der Waals surface area (Å²) in [6.07, 6.45) is 0. The van der Waals surface area contributed by atoms with Crippen LogP contribution in [0.25, 0.3) is 0 Å². The smallest absolute Gasteiger partial charge is 0.00936 e. The average molecular weight is 503 g/mol. The first-order valence-electron chi connectivity index (χ1n) is 12.6. The van der Waals surface area contributed by atoms with Gasteiger partial charge in [0.15, 0.2) is 0 Å². The van der Waals surface area contributed by atoms with Gasteiger partial charge in [-0.05, 0) is 48.2 Å². The molecule has 0 fully saturated rings. The molecule has 0 aromatic heterocycles. The number of hydrogen-bond donors (Lipinski definition) is 0. The van der Waals surface area contributed by atoms with Crippen molar-refractivity contribution in [2.24, 2.45) is 0 Å². The fourth-order valence-corrected chi connectivity index (χ4v) is 10.2. The predicted octanol–water partition coefficient (Wildman–Crippen LogP) is 8.07. The van der Waals surface area contributed by atoms with Gasteiger partial charge in [-0.1, -0.05) is 159 Å². The summed E-state index contributed by atoms with van der Waals surface area (Å²) in [5.41, 5.74) is 3.68. The van der Waals surface area contributed by atoms with Crippen LogP contribution < -0.4 is 21.2 Å². The van der Waals surface area contributed by atoms with Gasteiger partial charge in [0.1, 0.15) is 0 Å². The molecule has 2 atom stereocenters. The normalized spacial score (nSPS) is 13.0. The van der Waals surface area contributed by atoms with Crippen molar-refractivity contribution >= 4 is 37.1 Å². The number of hydrogen-bond acceptors (Lipinski definition) is 0. The van der Waals surface area contributed by atoms with Gasteiger partial charge in [0.25, 0.3) is 0 Å². The minimum atomic E-state index is -0.494. The summed E-state index contributed by atoms with van der Waals surface area (Å²) in [5.74, 6) is 0. The molecule has 0 aliphatic heterocycles. The quantitative estimate of drug-likeness (QED) is 0.188. The summed E-state index contributed by atoms with van der Waals surface area (Å²) in [6, 6.07) is 53.6. The Morgan fingerprint density at radius 2 is 0.556 bits per heavy atom.